The van der Waals surface area contributed by atoms with Gasteiger partial charge in [0.2, 0.25) is 5.91 Å². The van der Waals surface area contributed by atoms with Crippen LogP contribution in [0.3, 0.4) is 0 Å². The quantitative estimate of drug-likeness (QED) is 0.858. The van der Waals surface area contributed by atoms with E-state index >= 15 is 0 Å². The fourth-order valence-corrected chi connectivity index (χ4v) is 1.89. The Kier molecular flexibility index (Phi) is 6.27. The predicted octanol–water partition coefficient (Wildman–Crippen LogP) is 1.24. The maximum absolute atomic E-state index is 11.6. The summed E-state index contributed by atoms with van der Waals surface area (Å²) in [5.41, 5.74) is 0.871. The van der Waals surface area contributed by atoms with Gasteiger partial charge >= 0.3 is 6.03 Å². The van der Waals surface area contributed by atoms with E-state index in [0.29, 0.717) is 17.3 Å². The SMILES string of the molecule is CNC(=O)NC(=O)CN(C)Cc1cc(Cl)ccc1OC. The molecule has 0 radical (unpaired) electrons. The number of nitrogens with one attached hydrogen (secondary N) is 2. The number of rotatable bonds is 5. The first-order valence-electron chi connectivity index (χ1n) is 5.98. The molecule has 2 N–H and O–H groups in total. The van der Waals surface area contributed by atoms with Crippen molar-refractivity contribution in [1.82, 2.24) is 15.5 Å². The van der Waals surface area contributed by atoms with Gasteiger partial charge in [0.05, 0.1) is 13.7 Å². The van der Waals surface area contributed by atoms with Crippen molar-refractivity contribution in [2.24, 2.45) is 0 Å². The van der Waals surface area contributed by atoms with Crippen LogP contribution in [0.5, 0.6) is 5.75 Å². The summed E-state index contributed by atoms with van der Waals surface area (Å²) in [6.45, 7) is 0.563. The van der Waals surface area contributed by atoms with Crippen LogP contribution in [0.25, 0.3) is 0 Å². The van der Waals surface area contributed by atoms with Gasteiger partial charge in [-0.15, -0.1) is 0 Å². The molecule has 0 bridgehead atoms. The number of likely N-dealkylation sites (N-methyl/N-ethyl adjacent to an activating group) is 1. The zero-order valence-electron chi connectivity index (χ0n) is 11.7. The zero-order valence-corrected chi connectivity index (χ0v) is 12.5. The highest BCUT2D eigenvalue weighted by atomic mass is 35.5. The second-order valence-corrected chi connectivity index (χ2v) is 4.69. The number of imide groups is 1. The summed E-state index contributed by atoms with van der Waals surface area (Å²) in [5, 5.41) is 5.12. The minimum Gasteiger partial charge on any atom is -0.496 e. The van der Waals surface area contributed by atoms with Gasteiger partial charge in [0.15, 0.2) is 0 Å². The first kappa shape index (κ1) is 16.3. The number of hydrogen-bond acceptors (Lipinski definition) is 4. The molecule has 0 aliphatic heterocycles. The lowest BCUT2D eigenvalue weighted by atomic mass is 10.2. The number of carbonyl (C=O) groups excluding carboxylic acids is 2. The number of amides is 3. The molecule has 0 atom stereocenters. The molecule has 3 amide bonds. The third-order valence-electron chi connectivity index (χ3n) is 2.58. The summed E-state index contributed by atoms with van der Waals surface area (Å²) in [5.74, 6) is 0.320. The van der Waals surface area contributed by atoms with Gasteiger partial charge in [-0.2, -0.15) is 0 Å². The zero-order chi connectivity index (χ0) is 15.1. The first-order valence-corrected chi connectivity index (χ1v) is 6.36. The molecule has 0 aromatic heterocycles. The smallest absolute Gasteiger partial charge is 0.321 e. The number of methoxy groups -OCH3 is 1. The van der Waals surface area contributed by atoms with Gasteiger partial charge in [0.1, 0.15) is 5.75 Å². The van der Waals surface area contributed by atoms with E-state index < -0.39 is 6.03 Å². The fourth-order valence-electron chi connectivity index (χ4n) is 1.69. The molecule has 6 nitrogen and oxygen atoms in total. The maximum Gasteiger partial charge on any atom is 0.321 e. The van der Waals surface area contributed by atoms with Gasteiger partial charge in [-0.3, -0.25) is 15.0 Å². The number of benzene rings is 1. The number of halogens is 1. The van der Waals surface area contributed by atoms with Crippen molar-refractivity contribution in [1.29, 1.82) is 0 Å². The average Bonchev–Trinajstić information content (AvgIpc) is 2.38. The molecule has 1 aromatic carbocycles. The molecule has 0 saturated heterocycles. The van der Waals surface area contributed by atoms with Crippen molar-refractivity contribution < 1.29 is 14.3 Å². The minimum absolute atomic E-state index is 0.0864. The van der Waals surface area contributed by atoms with E-state index in [4.69, 9.17) is 16.3 Å². The van der Waals surface area contributed by atoms with Crippen LogP contribution in [-0.4, -0.2) is 44.6 Å². The number of hydrogen-bond donors (Lipinski definition) is 2. The first-order chi connectivity index (χ1) is 9.46. The largest absolute Gasteiger partial charge is 0.496 e. The molecule has 0 aliphatic carbocycles. The highest BCUT2D eigenvalue weighted by molar-refractivity contribution is 6.30. The van der Waals surface area contributed by atoms with Crippen molar-refractivity contribution >= 4 is 23.5 Å². The summed E-state index contributed by atoms with van der Waals surface area (Å²) in [7, 11) is 4.79. The molecule has 0 saturated carbocycles. The van der Waals surface area contributed by atoms with Crippen LogP contribution >= 0.6 is 11.6 Å². The van der Waals surface area contributed by atoms with Crippen molar-refractivity contribution in [3.8, 4) is 5.75 Å². The van der Waals surface area contributed by atoms with E-state index in [1.807, 2.05) is 0 Å². The lowest BCUT2D eigenvalue weighted by molar-refractivity contribution is -0.120. The normalized spacial score (nSPS) is 10.2. The van der Waals surface area contributed by atoms with Gasteiger partial charge in [0, 0.05) is 24.2 Å². The van der Waals surface area contributed by atoms with Crippen molar-refractivity contribution in [2.45, 2.75) is 6.54 Å². The molecular weight excluding hydrogens is 282 g/mol. The Morgan fingerprint density at radius 3 is 2.70 bits per heavy atom. The topological polar surface area (TPSA) is 70.7 Å². The van der Waals surface area contributed by atoms with Gasteiger partial charge in [0.25, 0.3) is 0 Å². The van der Waals surface area contributed by atoms with Crippen molar-refractivity contribution in [2.75, 3.05) is 27.7 Å². The molecular formula is C13H18ClN3O3. The van der Waals surface area contributed by atoms with E-state index in [-0.39, 0.29) is 12.5 Å². The Morgan fingerprint density at radius 2 is 2.10 bits per heavy atom. The van der Waals surface area contributed by atoms with E-state index in [1.165, 1.54) is 7.05 Å². The number of nitrogens with zero attached hydrogens (tertiary/aromatic N) is 1. The van der Waals surface area contributed by atoms with Gasteiger partial charge in [-0.25, -0.2) is 4.79 Å². The summed E-state index contributed by atoms with van der Waals surface area (Å²) in [6.07, 6.45) is 0. The number of carbonyl (C=O) groups is 2. The van der Waals surface area contributed by atoms with Crippen LogP contribution < -0.4 is 15.4 Å². The predicted molar refractivity (Wildman–Crippen MR) is 76.9 cm³/mol. The molecule has 0 fully saturated rings. The van der Waals surface area contributed by atoms with Crippen LogP contribution in [0.2, 0.25) is 5.02 Å². The summed E-state index contributed by atoms with van der Waals surface area (Å²) in [6, 6.07) is 4.77. The third-order valence-corrected chi connectivity index (χ3v) is 2.81. The molecule has 110 valence electrons. The molecule has 0 aliphatic rings. The van der Waals surface area contributed by atoms with E-state index in [1.54, 1.807) is 37.3 Å². The number of urea groups is 1. The fraction of sp³-hybridized carbons (Fsp3) is 0.385. The molecule has 0 unspecified atom stereocenters. The van der Waals surface area contributed by atoms with E-state index in [2.05, 4.69) is 10.6 Å². The maximum atomic E-state index is 11.6. The molecule has 0 spiro atoms. The lowest BCUT2D eigenvalue weighted by Crippen LogP contribution is -2.42. The monoisotopic (exact) mass is 299 g/mol. The summed E-state index contributed by atoms with van der Waals surface area (Å²) >= 11 is 5.94. The molecule has 20 heavy (non-hydrogen) atoms. The second-order valence-electron chi connectivity index (χ2n) is 4.26. The van der Waals surface area contributed by atoms with E-state index in [9.17, 15) is 9.59 Å². The van der Waals surface area contributed by atoms with Crippen LogP contribution in [0.1, 0.15) is 5.56 Å². The van der Waals surface area contributed by atoms with Crippen molar-refractivity contribution in [3.63, 3.8) is 0 Å². The van der Waals surface area contributed by atoms with Crippen LogP contribution in [-0.2, 0) is 11.3 Å². The van der Waals surface area contributed by atoms with Crippen molar-refractivity contribution in [3.05, 3.63) is 28.8 Å². The van der Waals surface area contributed by atoms with Crippen LogP contribution in [0.15, 0.2) is 18.2 Å². The molecule has 1 rings (SSSR count). The second kappa shape index (κ2) is 7.72. The van der Waals surface area contributed by atoms with Gasteiger partial charge < -0.3 is 10.1 Å². The highest BCUT2D eigenvalue weighted by Crippen LogP contribution is 2.23. The summed E-state index contributed by atoms with van der Waals surface area (Å²) in [4.78, 5) is 24.3. The van der Waals surface area contributed by atoms with E-state index in [0.717, 1.165) is 5.56 Å². The standard InChI is InChI=1S/C13H18ClN3O3/c1-15-13(19)16-12(18)8-17(2)7-9-6-10(14)4-5-11(9)20-3/h4-6H,7-8H2,1-3H3,(H2,15,16,18,19). The summed E-state index contributed by atoms with van der Waals surface area (Å²) < 4.78 is 5.24. The Bertz CT molecular complexity index is 494. The average molecular weight is 300 g/mol. The Hall–Kier alpha value is -1.79. The van der Waals surface area contributed by atoms with Crippen LogP contribution in [0.4, 0.5) is 4.79 Å². The van der Waals surface area contributed by atoms with Gasteiger partial charge in [-0.05, 0) is 25.2 Å². The molecule has 7 heteroatoms. The Labute approximate surface area is 123 Å². The molecule has 1 aromatic rings. The van der Waals surface area contributed by atoms with Gasteiger partial charge in [-0.1, -0.05) is 11.6 Å². The third kappa shape index (κ3) is 5.07. The lowest BCUT2D eigenvalue weighted by Gasteiger charge is -2.18. The minimum atomic E-state index is -0.524. The molecule has 0 heterocycles. The Balaban J connectivity index is 2.62. The number of ether oxygens (including phenoxy) is 1. The Morgan fingerprint density at radius 1 is 1.40 bits per heavy atom. The highest BCUT2D eigenvalue weighted by Gasteiger charge is 2.12. The van der Waals surface area contributed by atoms with Crippen LogP contribution in [0, 0.1) is 0 Å².